The molecular weight excluding hydrogens is 128 g/mol. The average Bonchev–Trinajstić information content (AvgIpc) is 2.37. The van der Waals surface area contributed by atoms with E-state index in [4.69, 9.17) is 4.74 Å². The highest BCUT2D eigenvalue weighted by Crippen LogP contribution is 2.04. The monoisotopic (exact) mass is 139 g/mol. The molecule has 0 atom stereocenters. The van der Waals surface area contributed by atoms with Crippen LogP contribution in [0.2, 0.25) is 0 Å². The predicted octanol–water partition coefficient (Wildman–Crippen LogP) is 1.25. The van der Waals surface area contributed by atoms with Gasteiger partial charge in [-0.1, -0.05) is 6.92 Å². The van der Waals surface area contributed by atoms with E-state index in [1.165, 1.54) is 0 Å². The molecule has 0 aromatic carbocycles. The van der Waals surface area contributed by atoms with Gasteiger partial charge in [-0.15, -0.1) is 5.43 Å². The zero-order valence-corrected chi connectivity index (χ0v) is 6.29. The van der Waals surface area contributed by atoms with Crippen molar-refractivity contribution in [3.05, 3.63) is 12.0 Å². The van der Waals surface area contributed by atoms with Crippen LogP contribution in [-0.4, -0.2) is 12.3 Å². The number of rotatable bonds is 3. The molecule has 0 bridgehead atoms. The Kier molecular flexibility index (Phi) is 2.31. The first-order chi connectivity index (χ1) is 4.86. The number of ether oxygens (including phenoxy) is 1. The summed E-state index contributed by atoms with van der Waals surface area (Å²) in [7, 11) is 0. The van der Waals surface area contributed by atoms with E-state index in [2.05, 4.69) is 10.5 Å². The van der Waals surface area contributed by atoms with Crippen LogP contribution >= 0.6 is 0 Å². The van der Waals surface area contributed by atoms with Crippen LogP contribution in [0.1, 0.15) is 20.3 Å². The molecule has 0 fully saturated rings. The van der Waals surface area contributed by atoms with Crippen LogP contribution < -0.4 is 5.43 Å². The van der Waals surface area contributed by atoms with Crippen molar-refractivity contribution in [3.63, 3.8) is 0 Å². The van der Waals surface area contributed by atoms with E-state index >= 15 is 0 Å². The molecule has 0 aliphatic carbocycles. The first-order valence-electron chi connectivity index (χ1n) is 3.49. The summed E-state index contributed by atoms with van der Waals surface area (Å²) in [5, 5.41) is 3.88. The average molecular weight is 139 g/mol. The predicted molar refractivity (Wildman–Crippen MR) is 39.6 cm³/mol. The Balaban J connectivity index is 2.41. The number of nitrogens with zero attached hydrogens (tertiary/aromatic N) is 2. The second kappa shape index (κ2) is 3.25. The van der Waals surface area contributed by atoms with Gasteiger partial charge in [0.25, 0.3) is 0 Å². The summed E-state index contributed by atoms with van der Waals surface area (Å²) in [6.45, 7) is 4.63. The van der Waals surface area contributed by atoms with Crippen LogP contribution in [0.5, 0.6) is 0 Å². The van der Waals surface area contributed by atoms with Gasteiger partial charge in [0, 0.05) is 6.08 Å². The molecule has 1 aliphatic heterocycles. The molecule has 0 amide bonds. The van der Waals surface area contributed by atoms with E-state index in [9.17, 15) is 0 Å². The lowest BCUT2D eigenvalue weighted by atomic mass is 10.3. The molecule has 10 heavy (non-hydrogen) atoms. The fraction of sp³-hybridized carbons (Fsp3) is 0.571. The minimum absolute atomic E-state index is 0.638. The highest BCUT2D eigenvalue weighted by atomic mass is 16.5. The molecule has 1 radical (unpaired) electrons. The third-order valence-electron chi connectivity index (χ3n) is 1.22. The van der Waals surface area contributed by atoms with Crippen molar-refractivity contribution in [2.24, 2.45) is 5.10 Å². The van der Waals surface area contributed by atoms with Gasteiger partial charge in [0.05, 0.1) is 12.3 Å². The van der Waals surface area contributed by atoms with Gasteiger partial charge >= 0.3 is 0 Å². The quantitative estimate of drug-likeness (QED) is 0.579. The molecule has 55 valence electrons. The standard InChI is InChI=1S/C7H11N2O/c1-3-6-5-7(9-8-6)10-4-2/h5H,3-4H2,1-2H3. The maximum Gasteiger partial charge on any atom is 0.235 e. The van der Waals surface area contributed by atoms with E-state index < -0.39 is 0 Å². The Morgan fingerprint density at radius 2 is 2.30 bits per heavy atom. The van der Waals surface area contributed by atoms with Gasteiger partial charge in [-0.2, -0.15) is 5.10 Å². The second-order valence-electron chi connectivity index (χ2n) is 1.96. The van der Waals surface area contributed by atoms with Gasteiger partial charge in [-0.05, 0) is 13.3 Å². The van der Waals surface area contributed by atoms with Gasteiger partial charge in [-0.25, -0.2) is 0 Å². The molecule has 0 spiro atoms. The fourth-order valence-electron chi connectivity index (χ4n) is 0.705. The molecule has 1 aliphatic rings. The molecule has 1 heterocycles. The first-order valence-corrected chi connectivity index (χ1v) is 3.49. The molecule has 0 aromatic rings. The minimum atomic E-state index is 0.638. The SMILES string of the molecule is CCOC1=CC(CC)=N[N]1. The Morgan fingerprint density at radius 3 is 2.80 bits per heavy atom. The smallest absolute Gasteiger partial charge is 0.235 e. The van der Waals surface area contributed by atoms with Gasteiger partial charge in [-0.3, -0.25) is 0 Å². The molecule has 1 rings (SSSR count). The van der Waals surface area contributed by atoms with Gasteiger partial charge in [0.15, 0.2) is 0 Å². The molecule has 3 nitrogen and oxygen atoms in total. The second-order valence-corrected chi connectivity index (χ2v) is 1.96. The van der Waals surface area contributed by atoms with Crippen molar-refractivity contribution < 1.29 is 4.74 Å². The van der Waals surface area contributed by atoms with Crippen LogP contribution in [0.3, 0.4) is 0 Å². The Labute approximate surface area is 60.8 Å². The summed E-state index contributed by atoms with van der Waals surface area (Å²) < 4.78 is 5.11. The normalized spacial score (nSPS) is 15.8. The Morgan fingerprint density at radius 1 is 1.50 bits per heavy atom. The zero-order valence-electron chi connectivity index (χ0n) is 6.29. The van der Waals surface area contributed by atoms with Crippen LogP contribution in [0.25, 0.3) is 0 Å². The van der Waals surface area contributed by atoms with E-state index in [1.807, 2.05) is 19.9 Å². The number of allylic oxidation sites excluding steroid dienone is 1. The van der Waals surface area contributed by atoms with Crippen LogP contribution in [0.15, 0.2) is 17.1 Å². The van der Waals surface area contributed by atoms with E-state index in [0.29, 0.717) is 12.5 Å². The van der Waals surface area contributed by atoms with Gasteiger partial charge in [0.2, 0.25) is 5.88 Å². The van der Waals surface area contributed by atoms with Crippen molar-refractivity contribution in [1.82, 2.24) is 5.43 Å². The van der Waals surface area contributed by atoms with E-state index in [0.717, 1.165) is 12.1 Å². The third kappa shape index (κ3) is 1.50. The van der Waals surface area contributed by atoms with E-state index in [-0.39, 0.29) is 0 Å². The third-order valence-corrected chi connectivity index (χ3v) is 1.22. The van der Waals surface area contributed by atoms with E-state index in [1.54, 1.807) is 0 Å². The molecule has 0 N–H and O–H groups in total. The highest BCUT2D eigenvalue weighted by molar-refractivity contribution is 5.96. The minimum Gasteiger partial charge on any atom is -0.477 e. The molecule has 3 heteroatoms. The maximum absolute atomic E-state index is 5.11. The molecule has 0 saturated heterocycles. The van der Waals surface area contributed by atoms with Crippen molar-refractivity contribution >= 4 is 5.71 Å². The largest absolute Gasteiger partial charge is 0.477 e. The van der Waals surface area contributed by atoms with Crippen molar-refractivity contribution in [1.29, 1.82) is 0 Å². The Bertz CT molecular complexity index is 172. The summed E-state index contributed by atoms with van der Waals surface area (Å²) in [4.78, 5) is 0. The van der Waals surface area contributed by atoms with Crippen LogP contribution in [0.4, 0.5) is 0 Å². The summed E-state index contributed by atoms with van der Waals surface area (Å²) in [5.41, 5.74) is 4.79. The lowest BCUT2D eigenvalue weighted by Crippen LogP contribution is -1.96. The Hall–Kier alpha value is -0.990. The number of hydrogen-bond donors (Lipinski definition) is 0. The lowest BCUT2D eigenvalue weighted by Gasteiger charge is -1.97. The molecular formula is C7H11N2O. The van der Waals surface area contributed by atoms with Crippen LogP contribution in [0, 0.1) is 0 Å². The highest BCUT2D eigenvalue weighted by Gasteiger charge is 2.07. The van der Waals surface area contributed by atoms with Crippen LogP contribution in [-0.2, 0) is 4.74 Å². The van der Waals surface area contributed by atoms with Gasteiger partial charge in [0.1, 0.15) is 0 Å². The summed E-state index contributed by atoms with van der Waals surface area (Å²) in [6, 6.07) is 0. The van der Waals surface area contributed by atoms with Crippen molar-refractivity contribution in [2.75, 3.05) is 6.61 Å². The fourth-order valence-corrected chi connectivity index (χ4v) is 0.705. The summed E-state index contributed by atoms with van der Waals surface area (Å²) in [5.74, 6) is 0.638. The summed E-state index contributed by atoms with van der Waals surface area (Å²) in [6.07, 6.45) is 2.78. The zero-order chi connectivity index (χ0) is 7.40. The lowest BCUT2D eigenvalue weighted by molar-refractivity contribution is 0.208. The van der Waals surface area contributed by atoms with Gasteiger partial charge < -0.3 is 4.74 Å². The van der Waals surface area contributed by atoms with Crippen molar-refractivity contribution in [3.8, 4) is 0 Å². The van der Waals surface area contributed by atoms with Crippen molar-refractivity contribution in [2.45, 2.75) is 20.3 Å². The summed E-state index contributed by atoms with van der Waals surface area (Å²) >= 11 is 0. The number of hydrogen-bond acceptors (Lipinski definition) is 2. The topological polar surface area (TPSA) is 35.7 Å². The molecule has 0 saturated carbocycles. The first kappa shape index (κ1) is 7.12. The maximum atomic E-state index is 5.11. The molecule has 0 unspecified atom stereocenters. The molecule has 0 aromatic heterocycles.